The molecule has 0 radical (unpaired) electrons. The van der Waals surface area contributed by atoms with Gasteiger partial charge in [-0.15, -0.1) is 0 Å². The molecule has 0 unspecified atom stereocenters. The topological polar surface area (TPSA) is 18.5 Å². The van der Waals surface area contributed by atoms with Gasteiger partial charge in [0, 0.05) is 6.61 Å². The molecular formula is C12H17BO2. The van der Waals surface area contributed by atoms with Crippen molar-refractivity contribution in [1.29, 1.82) is 0 Å². The lowest BCUT2D eigenvalue weighted by Crippen LogP contribution is -2.32. The van der Waals surface area contributed by atoms with Crippen molar-refractivity contribution in [1.82, 2.24) is 0 Å². The molecule has 2 nitrogen and oxygen atoms in total. The zero-order chi connectivity index (χ0) is 10.7. The van der Waals surface area contributed by atoms with E-state index in [-0.39, 0.29) is 7.12 Å². The molecule has 0 N–H and O–H groups in total. The van der Waals surface area contributed by atoms with Crippen molar-refractivity contribution < 1.29 is 9.31 Å². The summed E-state index contributed by atoms with van der Waals surface area (Å²) >= 11 is 0. The molecule has 0 spiro atoms. The highest BCUT2D eigenvalue weighted by molar-refractivity contribution is 6.62. The maximum absolute atomic E-state index is 5.69. The smallest absolute Gasteiger partial charge is 0.407 e. The first kappa shape index (κ1) is 10.7. The molecular weight excluding hydrogens is 187 g/mol. The Hall–Kier alpha value is -0.795. The molecule has 0 saturated heterocycles. The Bertz CT molecular complexity index is 338. The Morgan fingerprint density at radius 1 is 1.47 bits per heavy atom. The van der Waals surface area contributed by atoms with Crippen molar-refractivity contribution in [2.75, 3.05) is 6.61 Å². The third-order valence-corrected chi connectivity index (χ3v) is 2.71. The lowest BCUT2D eigenvalue weighted by atomic mass is 9.78. The van der Waals surface area contributed by atoms with Crippen LogP contribution in [0.25, 0.3) is 0 Å². The first-order chi connectivity index (χ1) is 7.31. The second kappa shape index (κ2) is 4.82. The van der Waals surface area contributed by atoms with Crippen LogP contribution in [0.5, 0.6) is 0 Å². The van der Waals surface area contributed by atoms with Gasteiger partial charge in [0.15, 0.2) is 0 Å². The minimum atomic E-state index is -0.132. The molecule has 1 heterocycles. The van der Waals surface area contributed by atoms with Crippen molar-refractivity contribution in [3.8, 4) is 0 Å². The fourth-order valence-corrected chi connectivity index (χ4v) is 1.82. The summed E-state index contributed by atoms with van der Waals surface area (Å²) in [6.45, 7) is 5.74. The number of hydrogen-bond acceptors (Lipinski definition) is 2. The minimum Gasteiger partial charge on any atom is -0.407 e. The van der Waals surface area contributed by atoms with Crippen LogP contribution in [-0.2, 0) is 15.9 Å². The predicted molar refractivity (Wildman–Crippen MR) is 62.2 cm³/mol. The second-order valence-electron chi connectivity index (χ2n) is 4.07. The predicted octanol–water partition coefficient (Wildman–Crippen LogP) is 2.04. The van der Waals surface area contributed by atoms with Crippen LogP contribution in [-0.4, -0.2) is 13.7 Å². The molecule has 1 aromatic rings. The highest BCUT2D eigenvalue weighted by atomic mass is 16.6. The van der Waals surface area contributed by atoms with Crippen molar-refractivity contribution in [2.24, 2.45) is 0 Å². The van der Waals surface area contributed by atoms with Crippen LogP contribution in [0.2, 0.25) is 0 Å². The number of rotatable bonds is 4. The molecule has 0 bridgehead atoms. The molecule has 2 rings (SSSR count). The number of unbranched alkanes of at least 4 members (excludes halogenated alkanes) is 1. The number of hydrogen-bond donors (Lipinski definition) is 0. The van der Waals surface area contributed by atoms with E-state index in [1.807, 2.05) is 0 Å². The molecule has 1 aliphatic heterocycles. The molecule has 80 valence electrons. The highest BCUT2D eigenvalue weighted by Gasteiger charge is 2.30. The third kappa shape index (κ3) is 2.41. The first-order valence-electron chi connectivity index (χ1n) is 5.64. The molecule has 3 heteroatoms. The van der Waals surface area contributed by atoms with E-state index in [0.29, 0.717) is 6.61 Å². The van der Waals surface area contributed by atoms with E-state index in [9.17, 15) is 0 Å². The summed E-state index contributed by atoms with van der Waals surface area (Å²) in [6.07, 6.45) is 2.26. The maximum atomic E-state index is 5.69. The average molecular weight is 204 g/mol. The molecule has 0 aromatic heterocycles. The summed E-state index contributed by atoms with van der Waals surface area (Å²) in [5.41, 5.74) is 3.76. The minimum absolute atomic E-state index is 0.132. The zero-order valence-electron chi connectivity index (χ0n) is 9.45. The van der Waals surface area contributed by atoms with E-state index in [0.717, 1.165) is 19.4 Å². The molecule has 0 aliphatic carbocycles. The van der Waals surface area contributed by atoms with E-state index in [2.05, 4.69) is 32.0 Å². The lowest BCUT2D eigenvalue weighted by Gasteiger charge is -2.07. The number of aryl methyl sites for hydroxylation is 1. The lowest BCUT2D eigenvalue weighted by molar-refractivity contribution is 0.209. The van der Waals surface area contributed by atoms with Gasteiger partial charge in [-0.05, 0) is 24.4 Å². The third-order valence-electron chi connectivity index (χ3n) is 2.71. The van der Waals surface area contributed by atoms with Gasteiger partial charge >= 0.3 is 7.12 Å². The SMILES string of the molecule is CCCCOB1OCc2cc(C)ccc21. The largest absolute Gasteiger partial charge is 0.494 e. The monoisotopic (exact) mass is 204 g/mol. The van der Waals surface area contributed by atoms with Gasteiger partial charge < -0.3 is 9.31 Å². The average Bonchev–Trinajstić information content (AvgIpc) is 2.61. The molecule has 0 amide bonds. The van der Waals surface area contributed by atoms with Crippen LogP contribution < -0.4 is 5.46 Å². The fourth-order valence-electron chi connectivity index (χ4n) is 1.82. The van der Waals surface area contributed by atoms with E-state index in [1.54, 1.807) is 0 Å². The van der Waals surface area contributed by atoms with Crippen molar-refractivity contribution >= 4 is 12.6 Å². The Morgan fingerprint density at radius 2 is 2.33 bits per heavy atom. The maximum Gasteiger partial charge on any atom is 0.494 e. The molecule has 1 aliphatic rings. The highest BCUT2D eigenvalue weighted by Crippen LogP contribution is 2.13. The molecule has 0 saturated carbocycles. The Kier molecular flexibility index (Phi) is 3.44. The van der Waals surface area contributed by atoms with E-state index in [4.69, 9.17) is 9.31 Å². The van der Waals surface area contributed by atoms with E-state index >= 15 is 0 Å². The second-order valence-corrected chi connectivity index (χ2v) is 4.07. The van der Waals surface area contributed by atoms with Crippen molar-refractivity contribution in [2.45, 2.75) is 33.3 Å². The van der Waals surface area contributed by atoms with Gasteiger partial charge in [-0.25, -0.2) is 0 Å². The van der Waals surface area contributed by atoms with Gasteiger partial charge in [-0.1, -0.05) is 37.1 Å². The van der Waals surface area contributed by atoms with Crippen LogP contribution in [0, 0.1) is 6.92 Å². The van der Waals surface area contributed by atoms with Crippen molar-refractivity contribution in [3.05, 3.63) is 29.3 Å². The quantitative estimate of drug-likeness (QED) is 0.551. The van der Waals surface area contributed by atoms with Gasteiger partial charge in [0.1, 0.15) is 0 Å². The van der Waals surface area contributed by atoms with Crippen molar-refractivity contribution in [3.63, 3.8) is 0 Å². The molecule has 0 atom stereocenters. The van der Waals surface area contributed by atoms with Gasteiger partial charge in [0.2, 0.25) is 0 Å². The van der Waals surface area contributed by atoms with Crippen LogP contribution in [0.15, 0.2) is 18.2 Å². The number of benzene rings is 1. The van der Waals surface area contributed by atoms with Gasteiger partial charge in [0.05, 0.1) is 6.61 Å². The van der Waals surface area contributed by atoms with E-state index < -0.39 is 0 Å². The number of fused-ring (bicyclic) bond motifs is 1. The summed E-state index contributed by atoms with van der Waals surface area (Å²) in [5, 5.41) is 0. The van der Waals surface area contributed by atoms with Crippen LogP contribution in [0.3, 0.4) is 0 Å². The summed E-state index contributed by atoms with van der Waals surface area (Å²) in [5.74, 6) is 0. The van der Waals surface area contributed by atoms with Gasteiger partial charge in [-0.3, -0.25) is 0 Å². The zero-order valence-corrected chi connectivity index (χ0v) is 9.45. The molecule has 0 fully saturated rings. The fraction of sp³-hybridized carbons (Fsp3) is 0.500. The van der Waals surface area contributed by atoms with Crippen LogP contribution in [0.4, 0.5) is 0 Å². The summed E-state index contributed by atoms with van der Waals surface area (Å²) in [7, 11) is -0.132. The van der Waals surface area contributed by atoms with E-state index in [1.165, 1.54) is 16.6 Å². The molecule has 15 heavy (non-hydrogen) atoms. The Morgan fingerprint density at radius 3 is 3.13 bits per heavy atom. The van der Waals surface area contributed by atoms with Gasteiger partial charge in [0.25, 0.3) is 0 Å². The summed E-state index contributed by atoms with van der Waals surface area (Å²) in [6, 6.07) is 6.41. The Labute approximate surface area is 91.7 Å². The van der Waals surface area contributed by atoms with Crippen LogP contribution in [0.1, 0.15) is 30.9 Å². The standard InChI is InChI=1S/C12H17BO2/c1-3-4-7-14-13-12-6-5-10(2)8-11(12)9-15-13/h5-6,8H,3-4,7,9H2,1-2H3. The van der Waals surface area contributed by atoms with Crippen LogP contribution >= 0.6 is 0 Å². The summed E-state index contributed by atoms with van der Waals surface area (Å²) in [4.78, 5) is 0. The Balaban J connectivity index is 2.02. The summed E-state index contributed by atoms with van der Waals surface area (Å²) < 4.78 is 11.3. The first-order valence-corrected chi connectivity index (χ1v) is 5.64. The normalized spacial score (nSPS) is 14.4. The van der Waals surface area contributed by atoms with Gasteiger partial charge in [-0.2, -0.15) is 0 Å². The molecule has 1 aromatic carbocycles.